The van der Waals surface area contributed by atoms with Crippen molar-refractivity contribution in [3.63, 3.8) is 0 Å². The van der Waals surface area contributed by atoms with E-state index < -0.39 is 0 Å². The molecule has 0 N–H and O–H groups in total. The van der Waals surface area contributed by atoms with Gasteiger partial charge in [-0.05, 0) is 25.9 Å². The van der Waals surface area contributed by atoms with Gasteiger partial charge in [0.25, 0.3) is 0 Å². The van der Waals surface area contributed by atoms with Crippen molar-refractivity contribution in [2.75, 3.05) is 26.7 Å². The number of piperazine rings is 1. The Labute approximate surface area is 95.4 Å². The highest BCUT2D eigenvalue weighted by Crippen LogP contribution is 2.24. The number of hydrogen-bond acceptors (Lipinski definition) is 4. The highest BCUT2D eigenvalue weighted by Gasteiger charge is 2.21. The zero-order valence-electron chi connectivity index (χ0n) is 9.55. The number of aromatic nitrogens is 2. The number of aryl methyl sites for hydroxylation is 1. The number of rotatable bonds is 2. The molecule has 0 aliphatic carbocycles. The molecule has 0 radical (unpaired) electrons. The lowest BCUT2D eigenvalue weighted by Crippen LogP contribution is -2.47. The van der Waals surface area contributed by atoms with E-state index in [1.807, 2.05) is 29.9 Å². The predicted octanol–water partition coefficient (Wildman–Crippen LogP) is 1.06. The molecular formula is C10H18N4S. The van der Waals surface area contributed by atoms with Gasteiger partial charge in [-0.15, -0.1) is 0 Å². The van der Waals surface area contributed by atoms with Gasteiger partial charge < -0.3 is 4.90 Å². The molecule has 1 atom stereocenters. The standard InChI is InChI=1S/C10H18N4S/c1-9-7-14(5-4-12(9)2)15-10-6-11-13(3)8-10/h6,8-9H,4-5,7H2,1-3H3. The van der Waals surface area contributed by atoms with Gasteiger partial charge in [-0.2, -0.15) is 5.10 Å². The Balaban J connectivity index is 1.90. The van der Waals surface area contributed by atoms with Crippen LogP contribution in [0.1, 0.15) is 6.92 Å². The van der Waals surface area contributed by atoms with Crippen LogP contribution >= 0.6 is 11.9 Å². The molecule has 1 aromatic heterocycles. The van der Waals surface area contributed by atoms with Gasteiger partial charge in [0.05, 0.1) is 11.1 Å². The summed E-state index contributed by atoms with van der Waals surface area (Å²) in [6, 6.07) is 0.642. The van der Waals surface area contributed by atoms with Crippen molar-refractivity contribution >= 4 is 11.9 Å². The van der Waals surface area contributed by atoms with Gasteiger partial charge in [0.2, 0.25) is 0 Å². The third-order valence-electron chi connectivity index (χ3n) is 2.84. The lowest BCUT2D eigenvalue weighted by atomic mass is 10.2. The van der Waals surface area contributed by atoms with Crippen molar-refractivity contribution in [2.45, 2.75) is 17.9 Å². The summed E-state index contributed by atoms with van der Waals surface area (Å²) in [5.74, 6) is 0. The molecular weight excluding hydrogens is 208 g/mol. The lowest BCUT2D eigenvalue weighted by Gasteiger charge is -2.36. The Hall–Kier alpha value is -0.520. The van der Waals surface area contributed by atoms with Crippen molar-refractivity contribution in [3.8, 4) is 0 Å². The van der Waals surface area contributed by atoms with Crippen molar-refractivity contribution in [1.82, 2.24) is 19.0 Å². The van der Waals surface area contributed by atoms with E-state index in [-0.39, 0.29) is 0 Å². The second-order valence-corrected chi connectivity index (χ2v) is 5.33. The molecule has 4 nitrogen and oxygen atoms in total. The second kappa shape index (κ2) is 4.55. The quantitative estimate of drug-likeness (QED) is 0.704. The van der Waals surface area contributed by atoms with E-state index >= 15 is 0 Å². The van der Waals surface area contributed by atoms with Crippen molar-refractivity contribution < 1.29 is 0 Å². The first-order valence-corrected chi connectivity index (χ1v) is 6.04. The molecule has 0 bridgehead atoms. The maximum absolute atomic E-state index is 4.17. The molecule has 1 unspecified atom stereocenters. The molecule has 1 aliphatic rings. The van der Waals surface area contributed by atoms with E-state index in [9.17, 15) is 0 Å². The van der Waals surface area contributed by atoms with Gasteiger partial charge in [-0.25, -0.2) is 4.31 Å². The highest BCUT2D eigenvalue weighted by molar-refractivity contribution is 7.97. The fraction of sp³-hybridized carbons (Fsp3) is 0.700. The molecule has 5 heteroatoms. The summed E-state index contributed by atoms with van der Waals surface area (Å²) in [6.07, 6.45) is 3.99. The molecule has 1 fully saturated rings. The van der Waals surface area contributed by atoms with Crippen LogP contribution in [0.15, 0.2) is 17.3 Å². The first-order valence-electron chi connectivity index (χ1n) is 5.27. The van der Waals surface area contributed by atoms with Gasteiger partial charge in [0.1, 0.15) is 0 Å². The molecule has 2 rings (SSSR count). The van der Waals surface area contributed by atoms with E-state index in [4.69, 9.17) is 0 Å². The van der Waals surface area contributed by atoms with E-state index in [1.54, 1.807) is 0 Å². The fourth-order valence-electron chi connectivity index (χ4n) is 1.69. The molecule has 15 heavy (non-hydrogen) atoms. The second-order valence-electron chi connectivity index (χ2n) is 4.16. The van der Waals surface area contributed by atoms with Crippen molar-refractivity contribution in [2.24, 2.45) is 7.05 Å². The van der Waals surface area contributed by atoms with Crippen LogP contribution in [0.2, 0.25) is 0 Å². The van der Waals surface area contributed by atoms with Crippen LogP contribution in [-0.2, 0) is 7.05 Å². The van der Waals surface area contributed by atoms with Crippen LogP contribution in [0, 0.1) is 0 Å². The van der Waals surface area contributed by atoms with E-state index in [1.165, 1.54) is 4.90 Å². The zero-order chi connectivity index (χ0) is 10.8. The van der Waals surface area contributed by atoms with Crippen LogP contribution in [0.5, 0.6) is 0 Å². The Kier molecular flexibility index (Phi) is 3.33. The summed E-state index contributed by atoms with van der Waals surface area (Å²) >= 11 is 1.81. The Morgan fingerprint density at radius 1 is 1.40 bits per heavy atom. The topological polar surface area (TPSA) is 24.3 Å². The van der Waals surface area contributed by atoms with Gasteiger partial charge in [-0.1, -0.05) is 0 Å². The maximum atomic E-state index is 4.17. The summed E-state index contributed by atoms with van der Waals surface area (Å²) in [5, 5.41) is 4.17. The smallest absolute Gasteiger partial charge is 0.0639 e. The van der Waals surface area contributed by atoms with Crippen molar-refractivity contribution in [1.29, 1.82) is 0 Å². The van der Waals surface area contributed by atoms with Crippen LogP contribution < -0.4 is 0 Å². The lowest BCUT2D eigenvalue weighted by molar-refractivity contribution is 0.167. The normalized spacial score (nSPS) is 24.6. The summed E-state index contributed by atoms with van der Waals surface area (Å²) in [5.41, 5.74) is 0. The molecule has 0 saturated carbocycles. The first-order chi connectivity index (χ1) is 7.15. The van der Waals surface area contributed by atoms with Gasteiger partial charge >= 0.3 is 0 Å². The van der Waals surface area contributed by atoms with E-state index in [2.05, 4.69) is 34.5 Å². The van der Waals surface area contributed by atoms with E-state index in [0.717, 1.165) is 19.6 Å². The summed E-state index contributed by atoms with van der Waals surface area (Å²) in [7, 11) is 4.15. The molecule has 2 heterocycles. The number of likely N-dealkylation sites (N-methyl/N-ethyl adjacent to an activating group) is 1. The average Bonchev–Trinajstić information content (AvgIpc) is 2.58. The third-order valence-corrected chi connectivity index (χ3v) is 3.85. The molecule has 0 spiro atoms. The zero-order valence-corrected chi connectivity index (χ0v) is 10.4. The number of hydrogen-bond donors (Lipinski definition) is 0. The minimum atomic E-state index is 0.642. The maximum Gasteiger partial charge on any atom is 0.0639 e. The summed E-state index contributed by atoms with van der Waals surface area (Å²) < 4.78 is 4.27. The minimum absolute atomic E-state index is 0.642. The van der Waals surface area contributed by atoms with Crippen LogP contribution in [-0.4, -0.2) is 51.7 Å². The van der Waals surface area contributed by atoms with Gasteiger partial charge in [-0.3, -0.25) is 4.68 Å². The van der Waals surface area contributed by atoms with Crippen LogP contribution in [0.4, 0.5) is 0 Å². The van der Waals surface area contributed by atoms with Crippen molar-refractivity contribution in [3.05, 3.63) is 12.4 Å². The molecule has 0 amide bonds. The molecule has 84 valence electrons. The first kappa shape index (κ1) is 11.0. The monoisotopic (exact) mass is 226 g/mol. The predicted molar refractivity (Wildman–Crippen MR) is 62.7 cm³/mol. The highest BCUT2D eigenvalue weighted by atomic mass is 32.2. The average molecular weight is 226 g/mol. The van der Waals surface area contributed by atoms with Gasteiger partial charge in [0, 0.05) is 38.9 Å². The fourth-order valence-corrected chi connectivity index (χ4v) is 2.75. The van der Waals surface area contributed by atoms with Gasteiger partial charge in [0.15, 0.2) is 0 Å². The minimum Gasteiger partial charge on any atom is -0.301 e. The van der Waals surface area contributed by atoms with Crippen LogP contribution in [0.25, 0.3) is 0 Å². The summed E-state index contributed by atoms with van der Waals surface area (Å²) in [4.78, 5) is 3.63. The number of nitrogens with zero attached hydrogens (tertiary/aromatic N) is 4. The van der Waals surface area contributed by atoms with Crippen LogP contribution in [0.3, 0.4) is 0 Å². The molecule has 1 aliphatic heterocycles. The SMILES string of the molecule is CC1CN(Sc2cnn(C)c2)CCN1C. The Bertz CT molecular complexity index is 325. The largest absolute Gasteiger partial charge is 0.301 e. The summed E-state index contributed by atoms with van der Waals surface area (Å²) in [6.45, 7) is 5.67. The molecule has 1 saturated heterocycles. The van der Waals surface area contributed by atoms with E-state index in [0.29, 0.717) is 6.04 Å². The molecule has 1 aromatic rings. The Morgan fingerprint density at radius 2 is 2.20 bits per heavy atom. The third kappa shape index (κ3) is 2.74. The Morgan fingerprint density at radius 3 is 2.80 bits per heavy atom. The molecule has 0 aromatic carbocycles.